The van der Waals surface area contributed by atoms with E-state index >= 15 is 0 Å². The average Bonchev–Trinajstić information content (AvgIpc) is 2.16. The average molecular weight is 238 g/mol. The zero-order valence-electron chi connectivity index (χ0n) is 7.19. The van der Waals surface area contributed by atoms with Crippen molar-refractivity contribution in [3.8, 4) is 0 Å². The molecule has 0 amide bonds. The predicted octanol–water partition coefficient (Wildman–Crippen LogP) is 4.25. The summed E-state index contributed by atoms with van der Waals surface area (Å²) < 4.78 is 0. The molecule has 0 spiro atoms. The molecular weight excluding hydrogens is 226 g/mol. The van der Waals surface area contributed by atoms with Gasteiger partial charge in [0.2, 0.25) is 0 Å². The molecule has 72 valence electrons. The topological polar surface area (TPSA) is 0 Å². The molecule has 0 bridgehead atoms. The van der Waals surface area contributed by atoms with Gasteiger partial charge in [-0.05, 0) is 30.0 Å². The summed E-state index contributed by atoms with van der Waals surface area (Å²) in [6.07, 6.45) is 1.98. The smallest absolute Gasteiger partial charge is 0.0488 e. The zero-order chi connectivity index (χ0) is 9.68. The summed E-state index contributed by atoms with van der Waals surface area (Å²) in [6.45, 7) is 0. The van der Waals surface area contributed by atoms with Crippen LogP contribution in [-0.4, -0.2) is 5.88 Å². The standard InChI is InChI=1S/C10H11Cl3/c11-5-1-2-8-3-4-10(13)9(6-8)7-12/h3-4,6H,1-2,5,7H2. The van der Waals surface area contributed by atoms with Gasteiger partial charge in [-0.2, -0.15) is 0 Å². The summed E-state index contributed by atoms with van der Waals surface area (Å²) in [5.41, 5.74) is 2.25. The van der Waals surface area contributed by atoms with Crippen LogP contribution < -0.4 is 0 Å². The molecule has 0 saturated heterocycles. The lowest BCUT2D eigenvalue weighted by Gasteiger charge is -2.03. The minimum atomic E-state index is 0.466. The largest absolute Gasteiger partial charge is 0.127 e. The van der Waals surface area contributed by atoms with Gasteiger partial charge >= 0.3 is 0 Å². The Labute approximate surface area is 93.8 Å². The number of halogens is 3. The van der Waals surface area contributed by atoms with Crippen LogP contribution in [0.2, 0.25) is 5.02 Å². The summed E-state index contributed by atoms with van der Waals surface area (Å²) in [6, 6.07) is 5.95. The molecule has 0 saturated carbocycles. The van der Waals surface area contributed by atoms with Gasteiger partial charge in [0.05, 0.1) is 0 Å². The molecular formula is C10H11Cl3. The summed E-state index contributed by atoms with van der Waals surface area (Å²) in [4.78, 5) is 0. The fraction of sp³-hybridized carbons (Fsp3) is 0.400. The van der Waals surface area contributed by atoms with E-state index in [0.717, 1.165) is 23.4 Å². The fourth-order valence-corrected chi connectivity index (χ4v) is 1.76. The Morgan fingerprint density at radius 3 is 2.54 bits per heavy atom. The molecule has 0 atom stereocenters. The molecule has 0 unspecified atom stereocenters. The van der Waals surface area contributed by atoms with E-state index in [1.165, 1.54) is 5.56 Å². The molecule has 13 heavy (non-hydrogen) atoms. The highest BCUT2D eigenvalue weighted by Crippen LogP contribution is 2.20. The van der Waals surface area contributed by atoms with E-state index in [1.807, 2.05) is 18.2 Å². The number of benzene rings is 1. The van der Waals surface area contributed by atoms with Crippen LogP contribution >= 0.6 is 34.8 Å². The maximum Gasteiger partial charge on any atom is 0.0488 e. The van der Waals surface area contributed by atoms with Crippen LogP contribution in [0, 0.1) is 0 Å². The maximum absolute atomic E-state index is 5.92. The number of aryl methyl sites for hydroxylation is 1. The molecule has 3 heteroatoms. The zero-order valence-corrected chi connectivity index (χ0v) is 9.46. The number of rotatable bonds is 4. The first-order chi connectivity index (χ1) is 6.27. The molecule has 1 aromatic rings. The summed E-state index contributed by atoms with van der Waals surface area (Å²) >= 11 is 17.3. The van der Waals surface area contributed by atoms with E-state index in [1.54, 1.807) is 0 Å². The van der Waals surface area contributed by atoms with Gasteiger partial charge in [0.15, 0.2) is 0 Å². The van der Waals surface area contributed by atoms with Crippen molar-refractivity contribution in [2.24, 2.45) is 0 Å². The van der Waals surface area contributed by atoms with E-state index in [9.17, 15) is 0 Å². The van der Waals surface area contributed by atoms with Crippen LogP contribution in [-0.2, 0) is 12.3 Å². The van der Waals surface area contributed by atoms with Crippen LogP contribution in [0.25, 0.3) is 0 Å². The third kappa shape index (κ3) is 3.38. The number of hydrogen-bond acceptors (Lipinski definition) is 0. The monoisotopic (exact) mass is 236 g/mol. The van der Waals surface area contributed by atoms with Gasteiger partial charge in [0, 0.05) is 16.8 Å². The minimum absolute atomic E-state index is 0.466. The molecule has 0 fully saturated rings. The quantitative estimate of drug-likeness (QED) is 0.687. The van der Waals surface area contributed by atoms with Crippen LogP contribution in [0.5, 0.6) is 0 Å². The lowest BCUT2D eigenvalue weighted by Crippen LogP contribution is -1.89. The Bertz CT molecular complexity index is 271. The lowest BCUT2D eigenvalue weighted by atomic mass is 10.1. The van der Waals surface area contributed by atoms with Crippen molar-refractivity contribution in [3.05, 3.63) is 34.3 Å². The Morgan fingerprint density at radius 1 is 1.15 bits per heavy atom. The first-order valence-electron chi connectivity index (χ1n) is 4.17. The Balaban J connectivity index is 2.74. The third-order valence-electron chi connectivity index (χ3n) is 1.85. The highest BCUT2D eigenvalue weighted by molar-refractivity contribution is 6.32. The van der Waals surface area contributed by atoms with Gasteiger partial charge in [0.25, 0.3) is 0 Å². The van der Waals surface area contributed by atoms with Crippen molar-refractivity contribution in [1.82, 2.24) is 0 Å². The first-order valence-corrected chi connectivity index (χ1v) is 5.62. The van der Waals surface area contributed by atoms with Gasteiger partial charge in [-0.15, -0.1) is 23.2 Å². The molecule has 0 radical (unpaired) electrons. The molecule has 0 heterocycles. The highest BCUT2D eigenvalue weighted by atomic mass is 35.5. The predicted molar refractivity (Wildman–Crippen MR) is 60.1 cm³/mol. The van der Waals surface area contributed by atoms with Crippen LogP contribution in [0.1, 0.15) is 17.5 Å². The molecule has 0 nitrogen and oxygen atoms in total. The van der Waals surface area contributed by atoms with Crippen molar-refractivity contribution in [2.75, 3.05) is 5.88 Å². The SMILES string of the molecule is ClCCCc1ccc(Cl)c(CCl)c1. The number of hydrogen-bond donors (Lipinski definition) is 0. The second kappa shape index (κ2) is 5.74. The molecule has 0 aromatic heterocycles. The molecule has 0 N–H and O–H groups in total. The summed E-state index contributed by atoms with van der Waals surface area (Å²) in [5.74, 6) is 1.16. The summed E-state index contributed by atoms with van der Waals surface area (Å²) in [7, 11) is 0. The van der Waals surface area contributed by atoms with Gasteiger partial charge in [0.1, 0.15) is 0 Å². The fourth-order valence-electron chi connectivity index (χ4n) is 1.16. The van der Waals surface area contributed by atoms with Crippen LogP contribution in [0.15, 0.2) is 18.2 Å². The third-order valence-corrected chi connectivity index (χ3v) is 2.78. The van der Waals surface area contributed by atoms with E-state index in [2.05, 4.69) is 0 Å². The molecule has 0 aliphatic carbocycles. The molecule has 1 aromatic carbocycles. The van der Waals surface area contributed by atoms with Gasteiger partial charge in [-0.1, -0.05) is 23.7 Å². The minimum Gasteiger partial charge on any atom is -0.127 e. The van der Waals surface area contributed by atoms with Crippen molar-refractivity contribution in [3.63, 3.8) is 0 Å². The van der Waals surface area contributed by atoms with Crippen LogP contribution in [0.3, 0.4) is 0 Å². The maximum atomic E-state index is 5.92. The molecule has 1 rings (SSSR count). The highest BCUT2D eigenvalue weighted by Gasteiger charge is 2.00. The Morgan fingerprint density at radius 2 is 1.92 bits per heavy atom. The van der Waals surface area contributed by atoms with Gasteiger partial charge in [-0.25, -0.2) is 0 Å². The van der Waals surface area contributed by atoms with Crippen molar-refractivity contribution in [1.29, 1.82) is 0 Å². The van der Waals surface area contributed by atoms with Crippen molar-refractivity contribution in [2.45, 2.75) is 18.7 Å². The Hall–Kier alpha value is 0.0900. The van der Waals surface area contributed by atoms with Gasteiger partial charge < -0.3 is 0 Å². The van der Waals surface area contributed by atoms with E-state index in [0.29, 0.717) is 11.8 Å². The second-order valence-electron chi connectivity index (χ2n) is 2.85. The Kier molecular flexibility index (Phi) is 4.93. The van der Waals surface area contributed by atoms with E-state index < -0.39 is 0 Å². The second-order valence-corrected chi connectivity index (χ2v) is 3.90. The molecule has 0 aliphatic rings. The van der Waals surface area contributed by atoms with E-state index in [-0.39, 0.29) is 0 Å². The normalized spacial score (nSPS) is 10.4. The van der Waals surface area contributed by atoms with Gasteiger partial charge in [-0.3, -0.25) is 0 Å². The molecule has 0 aliphatic heterocycles. The summed E-state index contributed by atoms with van der Waals surface area (Å²) in [5, 5.41) is 0.740. The van der Waals surface area contributed by atoms with Crippen molar-refractivity contribution < 1.29 is 0 Å². The van der Waals surface area contributed by atoms with Crippen molar-refractivity contribution >= 4 is 34.8 Å². The number of alkyl halides is 2. The van der Waals surface area contributed by atoms with E-state index in [4.69, 9.17) is 34.8 Å². The van der Waals surface area contributed by atoms with Crippen LogP contribution in [0.4, 0.5) is 0 Å². The lowest BCUT2D eigenvalue weighted by molar-refractivity contribution is 0.927. The first kappa shape index (κ1) is 11.2.